The number of thiophene rings is 1. The van der Waals surface area contributed by atoms with Crippen LogP contribution in [-0.2, 0) is 7.05 Å². The summed E-state index contributed by atoms with van der Waals surface area (Å²) in [6, 6.07) is 4.50. The summed E-state index contributed by atoms with van der Waals surface area (Å²) in [5.41, 5.74) is 0. The van der Waals surface area contributed by atoms with Gasteiger partial charge in [-0.15, -0.1) is 11.3 Å². The monoisotopic (exact) mass is 290 g/mol. The highest BCUT2D eigenvalue weighted by molar-refractivity contribution is 7.10. The molecule has 1 atom stereocenters. The van der Waals surface area contributed by atoms with Crippen LogP contribution in [0.2, 0.25) is 0 Å². The third-order valence-electron chi connectivity index (χ3n) is 3.92. The molecule has 0 aromatic carbocycles. The molecule has 4 nitrogen and oxygen atoms in total. The van der Waals surface area contributed by atoms with Crippen molar-refractivity contribution in [3.63, 3.8) is 0 Å². The molecule has 108 valence electrons. The molecule has 3 rings (SSSR count). The molecule has 1 N–H and O–H groups in total. The molecule has 1 unspecified atom stereocenters. The first-order chi connectivity index (χ1) is 9.84. The highest BCUT2D eigenvalue weighted by atomic mass is 32.1. The van der Waals surface area contributed by atoms with E-state index in [1.54, 1.807) is 11.3 Å². The summed E-state index contributed by atoms with van der Waals surface area (Å²) in [7, 11) is 2.06. The van der Waals surface area contributed by atoms with E-state index >= 15 is 0 Å². The first-order valence-corrected chi connectivity index (χ1v) is 8.19. The number of hydrogen-bond acceptors (Lipinski definition) is 4. The quantitative estimate of drug-likeness (QED) is 0.886. The second kappa shape index (κ2) is 6.52. The van der Waals surface area contributed by atoms with Crippen LogP contribution < -0.4 is 5.32 Å². The molecule has 0 saturated carbocycles. The molecule has 20 heavy (non-hydrogen) atoms. The molecule has 2 aromatic heterocycles. The Labute approximate surface area is 124 Å². The van der Waals surface area contributed by atoms with Crippen molar-refractivity contribution in [3.8, 4) is 0 Å². The normalized spacial score (nSPS) is 17.6. The minimum atomic E-state index is 0.206. The lowest BCUT2D eigenvalue weighted by Gasteiger charge is -2.20. The summed E-state index contributed by atoms with van der Waals surface area (Å²) in [6.07, 6.45) is 6.59. The van der Waals surface area contributed by atoms with Crippen LogP contribution in [0, 0.1) is 0 Å². The molecule has 1 aliphatic heterocycles. The van der Waals surface area contributed by atoms with Crippen LogP contribution in [0.15, 0.2) is 29.9 Å². The van der Waals surface area contributed by atoms with Gasteiger partial charge in [-0.25, -0.2) is 4.98 Å². The van der Waals surface area contributed by atoms with Crippen LogP contribution >= 0.6 is 11.3 Å². The standard InChI is InChI=1S/C15H22N4S/c1-18-10-6-17-15(18)14(13-5-4-12-20-13)16-7-11-19-8-2-3-9-19/h4-6,10,12,14,16H,2-3,7-9,11H2,1H3. The smallest absolute Gasteiger partial charge is 0.131 e. The summed E-state index contributed by atoms with van der Waals surface area (Å²) in [5.74, 6) is 1.09. The van der Waals surface area contributed by atoms with Crippen molar-refractivity contribution in [1.82, 2.24) is 19.8 Å². The number of hydrogen-bond donors (Lipinski definition) is 1. The van der Waals surface area contributed by atoms with E-state index in [4.69, 9.17) is 0 Å². The molecule has 0 bridgehead atoms. The maximum Gasteiger partial charge on any atom is 0.131 e. The predicted molar refractivity (Wildman–Crippen MR) is 83.0 cm³/mol. The van der Waals surface area contributed by atoms with Gasteiger partial charge >= 0.3 is 0 Å². The largest absolute Gasteiger partial charge is 0.336 e. The van der Waals surface area contributed by atoms with E-state index < -0.39 is 0 Å². The van der Waals surface area contributed by atoms with Gasteiger partial charge in [-0.1, -0.05) is 6.07 Å². The summed E-state index contributed by atoms with van der Waals surface area (Å²) in [5, 5.41) is 5.81. The van der Waals surface area contributed by atoms with Gasteiger partial charge in [-0.05, 0) is 37.4 Å². The van der Waals surface area contributed by atoms with E-state index in [2.05, 4.69) is 44.3 Å². The molecular weight excluding hydrogens is 268 g/mol. The molecular formula is C15H22N4S. The lowest BCUT2D eigenvalue weighted by Crippen LogP contribution is -2.33. The zero-order valence-corrected chi connectivity index (χ0v) is 12.8. The van der Waals surface area contributed by atoms with Crippen LogP contribution in [0.1, 0.15) is 29.6 Å². The van der Waals surface area contributed by atoms with Gasteiger partial charge in [-0.3, -0.25) is 0 Å². The molecule has 0 amide bonds. The number of imidazole rings is 1. The Morgan fingerprint density at radius 1 is 1.40 bits per heavy atom. The van der Waals surface area contributed by atoms with E-state index in [1.165, 1.54) is 30.8 Å². The minimum Gasteiger partial charge on any atom is -0.336 e. The Balaban J connectivity index is 1.65. The van der Waals surface area contributed by atoms with E-state index in [1.807, 2.05) is 12.4 Å². The summed E-state index contributed by atoms with van der Waals surface area (Å²) in [4.78, 5) is 8.39. The Morgan fingerprint density at radius 2 is 2.25 bits per heavy atom. The lowest BCUT2D eigenvalue weighted by atomic mass is 10.2. The molecule has 3 heterocycles. The Kier molecular flexibility index (Phi) is 4.50. The van der Waals surface area contributed by atoms with Crippen LogP contribution in [0.25, 0.3) is 0 Å². The molecule has 1 aliphatic rings. The number of rotatable bonds is 6. The molecule has 0 spiro atoms. The Hall–Kier alpha value is -1.17. The number of nitrogens with zero attached hydrogens (tertiary/aromatic N) is 3. The highest BCUT2D eigenvalue weighted by Gasteiger charge is 2.19. The van der Waals surface area contributed by atoms with Gasteiger partial charge < -0.3 is 14.8 Å². The fourth-order valence-electron chi connectivity index (χ4n) is 2.80. The first kappa shape index (κ1) is 13.8. The zero-order valence-electron chi connectivity index (χ0n) is 12.0. The maximum atomic E-state index is 4.52. The average molecular weight is 290 g/mol. The number of likely N-dealkylation sites (tertiary alicyclic amines) is 1. The van der Waals surface area contributed by atoms with Crippen molar-refractivity contribution >= 4 is 11.3 Å². The molecule has 0 radical (unpaired) electrons. The van der Waals surface area contributed by atoms with E-state index in [0.29, 0.717) is 0 Å². The molecule has 1 saturated heterocycles. The highest BCUT2D eigenvalue weighted by Crippen LogP contribution is 2.24. The average Bonchev–Trinajstić information content (AvgIpc) is 3.18. The van der Waals surface area contributed by atoms with E-state index in [9.17, 15) is 0 Å². The van der Waals surface area contributed by atoms with Gasteiger partial charge in [0.25, 0.3) is 0 Å². The van der Waals surface area contributed by atoms with Gasteiger partial charge in [0.15, 0.2) is 0 Å². The fraction of sp³-hybridized carbons (Fsp3) is 0.533. The molecule has 5 heteroatoms. The van der Waals surface area contributed by atoms with Crippen molar-refractivity contribution in [3.05, 3.63) is 40.6 Å². The molecule has 2 aromatic rings. The zero-order chi connectivity index (χ0) is 13.8. The van der Waals surface area contributed by atoms with Crippen LogP contribution in [0.5, 0.6) is 0 Å². The Morgan fingerprint density at radius 3 is 2.90 bits per heavy atom. The molecule has 0 aliphatic carbocycles. The van der Waals surface area contributed by atoms with Gasteiger partial charge in [-0.2, -0.15) is 0 Å². The van der Waals surface area contributed by atoms with Crippen LogP contribution in [0.4, 0.5) is 0 Å². The number of aromatic nitrogens is 2. The van der Waals surface area contributed by atoms with Gasteiger partial charge in [0.05, 0.1) is 0 Å². The second-order valence-electron chi connectivity index (χ2n) is 5.35. The molecule has 1 fully saturated rings. The fourth-order valence-corrected chi connectivity index (χ4v) is 3.60. The van der Waals surface area contributed by atoms with Gasteiger partial charge in [0, 0.05) is 37.4 Å². The first-order valence-electron chi connectivity index (χ1n) is 7.31. The van der Waals surface area contributed by atoms with Gasteiger partial charge in [0.1, 0.15) is 11.9 Å². The SMILES string of the molecule is Cn1ccnc1C(NCCN1CCCC1)c1cccs1. The third kappa shape index (κ3) is 3.11. The third-order valence-corrected chi connectivity index (χ3v) is 4.86. The summed E-state index contributed by atoms with van der Waals surface area (Å²) >= 11 is 1.79. The number of aryl methyl sites for hydroxylation is 1. The lowest BCUT2D eigenvalue weighted by molar-refractivity contribution is 0.330. The van der Waals surface area contributed by atoms with E-state index in [-0.39, 0.29) is 6.04 Å². The summed E-state index contributed by atoms with van der Waals surface area (Å²) in [6.45, 7) is 4.66. The van der Waals surface area contributed by atoms with Crippen molar-refractivity contribution in [2.75, 3.05) is 26.2 Å². The van der Waals surface area contributed by atoms with Crippen molar-refractivity contribution in [2.24, 2.45) is 7.05 Å². The van der Waals surface area contributed by atoms with Crippen molar-refractivity contribution in [2.45, 2.75) is 18.9 Å². The van der Waals surface area contributed by atoms with Crippen molar-refractivity contribution in [1.29, 1.82) is 0 Å². The maximum absolute atomic E-state index is 4.52. The second-order valence-corrected chi connectivity index (χ2v) is 6.33. The van der Waals surface area contributed by atoms with Crippen molar-refractivity contribution < 1.29 is 0 Å². The Bertz CT molecular complexity index is 514. The summed E-state index contributed by atoms with van der Waals surface area (Å²) < 4.78 is 2.10. The van der Waals surface area contributed by atoms with Crippen LogP contribution in [-0.4, -0.2) is 40.6 Å². The topological polar surface area (TPSA) is 33.1 Å². The minimum absolute atomic E-state index is 0.206. The predicted octanol–water partition coefficient (Wildman–Crippen LogP) is 2.26. The van der Waals surface area contributed by atoms with Gasteiger partial charge in [0.2, 0.25) is 0 Å². The number of nitrogens with one attached hydrogen (secondary N) is 1. The van der Waals surface area contributed by atoms with Crippen LogP contribution in [0.3, 0.4) is 0 Å². The van der Waals surface area contributed by atoms with E-state index in [0.717, 1.165) is 18.9 Å².